The Balaban J connectivity index is 1.66. The van der Waals surface area contributed by atoms with Crippen LogP contribution in [0, 0.1) is 0 Å². The number of hydrogen-bond donors (Lipinski definition) is 2. The van der Waals surface area contributed by atoms with Gasteiger partial charge in [0.1, 0.15) is 5.82 Å². The summed E-state index contributed by atoms with van der Waals surface area (Å²) in [7, 11) is 1.61. The Morgan fingerprint density at radius 3 is 2.76 bits per heavy atom. The number of hydrogen-bond acceptors (Lipinski definition) is 5. The van der Waals surface area contributed by atoms with Crippen molar-refractivity contribution in [3.63, 3.8) is 0 Å². The van der Waals surface area contributed by atoms with Crippen LogP contribution < -0.4 is 15.4 Å². The Labute approximate surface area is 101 Å². The van der Waals surface area contributed by atoms with Crippen LogP contribution in [0.15, 0.2) is 12.4 Å². The molecule has 3 rings (SSSR count). The third-order valence-corrected chi connectivity index (χ3v) is 3.65. The molecule has 1 aromatic heterocycles. The van der Waals surface area contributed by atoms with E-state index in [9.17, 15) is 0 Å². The van der Waals surface area contributed by atoms with Crippen molar-refractivity contribution in [1.82, 2.24) is 15.3 Å². The van der Waals surface area contributed by atoms with Crippen molar-refractivity contribution in [2.75, 3.05) is 12.4 Å². The van der Waals surface area contributed by atoms with E-state index in [1.54, 1.807) is 19.5 Å². The predicted octanol–water partition coefficient (Wildman–Crippen LogP) is 1.18. The number of aromatic nitrogens is 2. The summed E-state index contributed by atoms with van der Waals surface area (Å²) in [5.41, 5.74) is 0. The average molecular weight is 234 g/mol. The molecule has 3 heterocycles. The average Bonchev–Trinajstić information content (AvgIpc) is 2.69. The van der Waals surface area contributed by atoms with Crippen LogP contribution in [0.4, 0.5) is 5.82 Å². The SMILES string of the molecule is COc1cncc(NC2CC3CCC(C2)N3)n1. The summed E-state index contributed by atoms with van der Waals surface area (Å²) in [6, 6.07) is 1.88. The molecule has 2 bridgehead atoms. The van der Waals surface area contributed by atoms with Gasteiger partial charge in [0.2, 0.25) is 5.88 Å². The number of nitrogens with zero attached hydrogens (tertiary/aromatic N) is 2. The molecule has 0 saturated carbocycles. The van der Waals surface area contributed by atoms with Crippen LogP contribution in [0.3, 0.4) is 0 Å². The summed E-state index contributed by atoms with van der Waals surface area (Å²) in [5, 5.41) is 7.09. The smallest absolute Gasteiger partial charge is 0.233 e. The van der Waals surface area contributed by atoms with Crippen LogP contribution in [-0.4, -0.2) is 35.2 Å². The first-order chi connectivity index (χ1) is 8.33. The zero-order valence-electron chi connectivity index (χ0n) is 10.0. The maximum atomic E-state index is 5.07. The van der Waals surface area contributed by atoms with Gasteiger partial charge in [-0.05, 0) is 25.7 Å². The third-order valence-electron chi connectivity index (χ3n) is 3.65. The lowest BCUT2D eigenvalue weighted by Crippen LogP contribution is -2.43. The Morgan fingerprint density at radius 1 is 1.29 bits per heavy atom. The fraction of sp³-hybridized carbons (Fsp3) is 0.667. The molecule has 0 aliphatic carbocycles. The number of fused-ring (bicyclic) bond motifs is 2. The molecule has 0 amide bonds. The van der Waals surface area contributed by atoms with Crippen molar-refractivity contribution < 1.29 is 4.74 Å². The summed E-state index contributed by atoms with van der Waals surface area (Å²) < 4.78 is 5.07. The van der Waals surface area contributed by atoms with E-state index in [2.05, 4.69) is 20.6 Å². The summed E-state index contributed by atoms with van der Waals surface area (Å²) in [6.07, 6.45) is 8.35. The normalized spacial score (nSPS) is 31.2. The maximum absolute atomic E-state index is 5.07. The molecule has 5 nitrogen and oxygen atoms in total. The van der Waals surface area contributed by atoms with Crippen molar-refractivity contribution in [1.29, 1.82) is 0 Å². The van der Waals surface area contributed by atoms with E-state index in [0.717, 1.165) is 5.82 Å². The van der Waals surface area contributed by atoms with Crippen molar-refractivity contribution in [2.24, 2.45) is 0 Å². The van der Waals surface area contributed by atoms with Gasteiger partial charge in [-0.3, -0.25) is 4.98 Å². The molecule has 2 aliphatic heterocycles. The fourth-order valence-corrected chi connectivity index (χ4v) is 2.90. The highest BCUT2D eigenvalue weighted by Gasteiger charge is 2.33. The predicted molar refractivity (Wildman–Crippen MR) is 65.2 cm³/mol. The van der Waals surface area contributed by atoms with Gasteiger partial charge in [0.15, 0.2) is 0 Å². The molecular formula is C12H18N4O. The lowest BCUT2D eigenvalue weighted by atomic mass is 10.00. The van der Waals surface area contributed by atoms with Gasteiger partial charge in [0.05, 0.1) is 19.5 Å². The molecule has 92 valence electrons. The van der Waals surface area contributed by atoms with E-state index in [1.165, 1.54) is 25.7 Å². The second kappa shape index (κ2) is 4.49. The van der Waals surface area contributed by atoms with E-state index in [0.29, 0.717) is 24.0 Å². The van der Waals surface area contributed by atoms with E-state index in [4.69, 9.17) is 4.74 Å². The number of rotatable bonds is 3. The fourth-order valence-electron chi connectivity index (χ4n) is 2.90. The van der Waals surface area contributed by atoms with Gasteiger partial charge in [0, 0.05) is 18.1 Å². The number of methoxy groups -OCH3 is 1. The number of nitrogens with one attached hydrogen (secondary N) is 2. The van der Waals surface area contributed by atoms with Crippen LogP contribution in [0.5, 0.6) is 5.88 Å². The molecular weight excluding hydrogens is 216 g/mol. The molecule has 0 spiro atoms. The van der Waals surface area contributed by atoms with E-state index in [1.807, 2.05) is 0 Å². The van der Waals surface area contributed by atoms with Crippen LogP contribution in [0.1, 0.15) is 25.7 Å². The van der Waals surface area contributed by atoms with Gasteiger partial charge >= 0.3 is 0 Å². The third kappa shape index (κ3) is 2.34. The first-order valence-electron chi connectivity index (χ1n) is 6.22. The van der Waals surface area contributed by atoms with Crippen molar-refractivity contribution >= 4 is 5.82 Å². The number of ether oxygens (including phenoxy) is 1. The van der Waals surface area contributed by atoms with E-state index in [-0.39, 0.29) is 0 Å². The van der Waals surface area contributed by atoms with Crippen LogP contribution in [0.25, 0.3) is 0 Å². The molecule has 1 aromatic rings. The van der Waals surface area contributed by atoms with Gasteiger partial charge < -0.3 is 15.4 Å². The lowest BCUT2D eigenvalue weighted by molar-refractivity contribution is 0.375. The minimum Gasteiger partial charge on any atom is -0.480 e. The highest BCUT2D eigenvalue weighted by Crippen LogP contribution is 2.28. The van der Waals surface area contributed by atoms with Gasteiger partial charge in [-0.25, -0.2) is 0 Å². The monoisotopic (exact) mass is 234 g/mol. The molecule has 0 radical (unpaired) electrons. The maximum Gasteiger partial charge on any atom is 0.233 e. The minimum atomic E-state index is 0.509. The van der Waals surface area contributed by atoms with Crippen molar-refractivity contribution in [3.05, 3.63) is 12.4 Å². The summed E-state index contributed by atoms with van der Waals surface area (Å²) in [6.45, 7) is 0. The number of piperidine rings is 1. The Hall–Kier alpha value is -1.36. The highest BCUT2D eigenvalue weighted by molar-refractivity contribution is 5.35. The summed E-state index contributed by atoms with van der Waals surface area (Å²) in [4.78, 5) is 8.45. The van der Waals surface area contributed by atoms with Crippen molar-refractivity contribution in [2.45, 2.75) is 43.8 Å². The highest BCUT2D eigenvalue weighted by atomic mass is 16.5. The van der Waals surface area contributed by atoms with Gasteiger partial charge in [-0.1, -0.05) is 0 Å². The van der Waals surface area contributed by atoms with E-state index >= 15 is 0 Å². The Bertz CT molecular complexity index is 386. The standard InChI is InChI=1S/C12H18N4O/c1-17-12-7-13-6-11(16-12)15-10-4-8-2-3-9(5-10)14-8/h6-10,14H,2-5H2,1H3,(H,15,16). The number of anilines is 1. The lowest BCUT2D eigenvalue weighted by Gasteiger charge is -2.29. The van der Waals surface area contributed by atoms with E-state index < -0.39 is 0 Å². The molecule has 17 heavy (non-hydrogen) atoms. The van der Waals surface area contributed by atoms with Gasteiger partial charge in [-0.15, -0.1) is 0 Å². The molecule has 2 N–H and O–H groups in total. The zero-order valence-corrected chi connectivity index (χ0v) is 10.0. The molecule has 0 aromatic carbocycles. The molecule has 5 heteroatoms. The van der Waals surface area contributed by atoms with Crippen LogP contribution in [0.2, 0.25) is 0 Å². The Kier molecular flexibility index (Phi) is 2.84. The largest absolute Gasteiger partial charge is 0.480 e. The molecule has 2 atom stereocenters. The van der Waals surface area contributed by atoms with Gasteiger partial charge in [0.25, 0.3) is 0 Å². The van der Waals surface area contributed by atoms with Gasteiger partial charge in [-0.2, -0.15) is 4.98 Å². The second-order valence-corrected chi connectivity index (χ2v) is 4.90. The minimum absolute atomic E-state index is 0.509. The molecule has 2 fully saturated rings. The molecule has 2 aliphatic rings. The summed E-state index contributed by atoms with van der Waals surface area (Å²) >= 11 is 0. The van der Waals surface area contributed by atoms with Crippen LogP contribution in [-0.2, 0) is 0 Å². The first-order valence-corrected chi connectivity index (χ1v) is 6.22. The van der Waals surface area contributed by atoms with Crippen molar-refractivity contribution in [3.8, 4) is 5.88 Å². The molecule has 2 saturated heterocycles. The quantitative estimate of drug-likeness (QED) is 0.822. The summed E-state index contributed by atoms with van der Waals surface area (Å²) in [5.74, 6) is 1.38. The first kappa shape index (κ1) is 10.8. The van der Waals surface area contributed by atoms with Crippen LogP contribution >= 0.6 is 0 Å². The second-order valence-electron chi connectivity index (χ2n) is 4.90. The Morgan fingerprint density at radius 2 is 2.06 bits per heavy atom. The zero-order chi connectivity index (χ0) is 11.7. The molecule has 2 unspecified atom stereocenters. The topological polar surface area (TPSA) is 59.1 Å².